The van der Waals surface area contributed by atoms with Crippen LogP contribution in [0.1, 0.15) is 37.9 Å². The Balaban J connectivity index is 1.76. The van der Waals surface area contributed by atoms with Crippen LogP contribution in [0.5, 0.6) is 5.75 Å². The van der Waals surface area contributed by atoms with Crippen molar-refractivity contribution in [3.63, 3.8) is 0 Å². The molecule has 1 aromatic heterocycles. The SMILES string of the molecule is CC(C)Oc1cnc2c(c1)CC1(CCN(C)CC1)C2. The first-order valence-electron chi connectivity index (χ1n) is 7.39. The number of hydrogen-bond acceptors (Lipinski definition) is 3. The average Bonchev–Trinajstić information content (AvgIpc) is 2.70. The predicted octanol–water partition coefficient (Wildman–Crippen LogP) is 2.68. The van der Waals surface area contributed by atoms with Gasteiger partial charge in [-0.15, -0.1) is 0 Å². The van der Waals surface area contributed by atoms with Crippen molar-refractivity contribution in [2.45, 2.75) is 45.6 Å². The standard InChI is InChI=1S/C16H24N2O/c1-12(2)19-14-8-13-9-16(10-15(13)17-11-14)4-6-18(3)7-5-16/h8,11-12H,4-7,9-10H2,1-3H3. The molecule has 1 spiro atoms. The molecule has 1 aliphatic carbocycles. The largest absolute Gasteiger partial charge is 0.489 e. The summed E-state index contributed by atoms with van der Waals surface area (Å²) in [6.45, 7) is 6.57. The second kappa shape index (κ2) is 4.78. The maximum atomic E-state index is 5.76. The van der Waals surface area contributed by atoms with Crippen LogP contribution < -0.4 is 4.74 Å². The highest BCUT2D eigenvalue weighted by atomic mass is 16.5. The smallest absolute Gasteiger partial charge is 0.138 e. The first kappa shape index (κ1) is 12.9. The van der Waals surface area contributed by atoms with Gasteiger partial charge in [-0.3, -0.25) is 4.98 Å². The van der Waals surface area contributed by atoms with Gasteiger partial charge in [0.2, 0.25) is 0 Å². The van der Waals surface area contributed by atoms with Crippen LogP contribution in [0.25, 0.3) is 0 Å². The van der Waals surface area contributed by atoms with Gasteiger partial charge >= 0.3 is 0 Å². The number of ether oxygens (including phenoxy) is 1. The third-order valence-corrected chi connectivity index (χ3v) is 4.56. The molecule has 1 aromatic rings. The molecule has 2 aliphatic rings. The van der Waals surface area contributed by atoms with Gasteiger partial charge in [0, 0.05) is 5.69 Å². The van der Waals surface area contributed by atoms with Gasteiger partial charge in [-0.2, -0.15) is 0 Å². The Labute approximate surface area is 116 Å². The van der Waals surface area contributed by atoms with E-state index >= 15 is 0 Å². The number of likely N-dealkylation sites (tertiary alicyclic amines) is 1. The molecule has 0 atom stereocenters. The lowest BCUT2D eigenvalue weighted by atomic mass is 9.76. The van der Waals surface area contributed by atoms with Crippen molar-refractivity contribution in [3.8, 4) is 5.75 Å². The third-order valence-electron chi connectivity index (χ3n) is 4.56. The second-order valence-corrected chi connectivity index (χ2v) is 6.60. The van der Waals surface area contributed by atoms with Crippen molar-refractivity contribution in [3.05, 3.63) is 23.5 Å². The van der Waals surface area contributed by atoms with Crippen LogP contribution in [0.2, 0.25) is 0 Å². The van der Waals surface area contributed by atoms with Crippen LogP contribution in [0.4, 0.5) is 0 Å². The van der Waals surface area contributed by atoms with Crippen molar-refractivity contribution in [1.82, 2.24) is 9.88 Å². The Hall–Kier alpha value is -1.09. The summed E-state index contributed by atoms with van der Waals surface area (Å²) in [5.41, 5.74) is 3.21. The molecule has 3 nitrogen and oxygen atoms in total. The van der Waals surface area contributed by atoms with Gasteiger partial charge in [0.1, 0.15) is 5.75 Å². The minimum Gasteiger partial charge on any atom is -0.489 e. The normalized spacial score (nSPS) is 21.9. The van der Waals surface area contributed by atoms with Gasteiger partial charge in [0.05, 0.1) is 12.3 Å². The van der Waals surface area contributed by atoms with Crippen molar-refractivity contribution in [2.75, 3.05) is 20.1 Å². The maximum absolute atomic E-state index is 5.76. The zero-order chi connectivity index (χ0) is 13.5. The van der Waals surface area contributed by atoms with Crippen LogP contribution in [-0.2, 0) is 12.8 Å². The van der Waals surface area contributed by atoms with E-state index in [2.05, 4.69) is 36.8 Å². The molecule has 1 saturated heterocycles. The van der Waals surface area contributed by atoms with Crippen LogP contribution >= 0.6 is 0 Å². The van der Waals surface area contributed by atoms with Gasteiger partial charge in [0.25, 0.3) is 0 Å². The topological polar surface area (TPSA) is 25.4 Å². The summed E-state index contributed by atoms with van der Waals surface area (Å²) in [4.78, 5) is 7.08. The molecule has 0 radical (unpaired) electrons. The monoisotopic (exact) mass is 260 g/mol. The van der Waals surface area contributed by atoms with Crippen LogP contribution in [0, 0.1) is 5.41 Å². The molecule has 104 valence electrons. The summed E-state index contributed by atoms with van der Waals surface area (Å²) in [5, 5.41) is 0. The number of aromatic nitrogens is 1. The number of piperidine rings is 1. The van der Waals surface area contributed by atoms with Crippen LogP contribution in [0.15, 0.2) is 12.3 Å². The molecule has 1 aliphatic heterocycles. The molecule has 0 bridgehead atoms. The summed E-state index contributed by atoms with van der Waals surface area (Å²) in [5.74, 6) is 0.929. The lowest BCUT2D eigenvalue weighted by Gasteiger charge is -2.37. The fourth-order valence-electron chi connectivity index (χ4n) is 3.43. The Morgan fingerprint density at radius 2 is 2.00 bits per heavy atom. The Kier molecular flexibility index (Phi) is 3.25. The van der Waals surface area contributed by atoms with E-state index in [1.165, 1.54) is 43.6 Å². The second-order valence-electron chi connectivity index (χ2n) is 6.60. The fraction of sp³-hybridized carbons (Fsp3) is 0.688. The molecule has 3 rings (SSSR count). The maximum Gasteiger partial charge on any atom is 0.138 e. The van der Waals surface area contributed by atoms with Gasteiger partial charge in [-0.25, -0.2) is 0 Å². The highest BCUT2D eigenvalue weighted by Gasteiger charge is 2.40. The van der Waals surface area contributed by atoms with E-state index in [1.54, 1.807) is 0 Å². The molecule has 2 heterocycles. The van der Waals surface area contributed by atoms with Crippen LogP contribution in [0.3, 0.4) is 0 Å². The highest BCUT2D eigenvalue weighted by molar-refractivity contribution is 5.35. The molecule has 3 heteroatoms. The van der Waals surface area contributed by atoms with Crippen molar-refractivity contribution >= 4 is 0 Å². The summed E-state index contributed by atoms with van der Waals surface area (Å²) < 4.78 is 5.76. The van der Waals surface area contributed by atoms with Crippen LogP contribution in [-0.4, -0.2) is 36.1 Å². The van der Waals surface area contributed by atoms with Crippen molar-refractivity contribution in [2.24, 2.45) is 5.41 Å². The summed E-state index contributed by atoms with van der Waals surface area (Å²) >= 11 is 0. The van der Waals surface area contributed by atoms with Gasteiger partial charge in [-0.1, -0.05) is 0 Å². The lowest BCUT2D eigenvalue weighted by Crippen LogP contribution is -2.38. The van der Waals surface area contributed by atoms with Crippen molar-refractivity contribution < 1.29 is 4.74 Å². The first-order chi connectivity index (χ1) is 9.06. The van der Waals surface area contributed by atoms with E-state index in [1.807, 2.05) is 6.20 Å². The molecule has 1 fully saturated rings. The fourth-order valence-corrected chi connectivity index (χ4v) is 3.43. The van der Waals surface area contributed by atoms with Crippen molar-refractivity contribution in [1.29, 1.82) is 0 Å². The first-order valence-corrected chi connectivity index (χ1v) is 7.39. The third kappa shape index (κ3) is 2.62. The lowest BCUT2D eigenvalue weighted by molar-refractivity contribution is 0.131. The molecule has 0 N–H and O–H groups in total. The summed E-state index contributed by atoms with van der Waals surface area (Å²) in [6, 6.07) is 2.22. The number of nitrogens with zero attached hydrogens (tertiary/aromatic N) is 2. The number of hydrogen-bond donors (Lipinski definition) is 0. The van der Waals surface area contributed by atoms with Gasteiger partial charge in [-0.05, 0) is 76.7 Å². The summed E-state index contributed by atoms with van der Waals surface area (Å²) in [6.07, 6.45) is 7.09. The number of fused-ring (bicyclic) bond motifs is 1. The molecular formula is C16H24N2O. The average molecular weight is 260 g/mol. The van der Waals surface area contributed by atoms with Gasteiger partial charge in [0.15, 0.2) is 0 Å². The van der Waals surface area contributed by atoms with Gasteiger partial charge < -0.3 is 9.64 Å². The Morgan fingerprint density at radius 3 is 2.68 bits per heavy atom. The zero-order valence-electron chi connectivity index (χ0n) is 12.3. The zero-order valence-corrected chi connectivity index (χ0v) is 12.3. The molecular weight excluding hydrogens is 236 g/mol. The molecule has 0 amide bonds. The molecule has 0 unspecified atom stereocenters. The van der Waals surface area contributed by atoms with E-state index in [0.717, 1.165) is 12.2 Å². The Bertz CT molecular complexity index is 462. The molecule has 19 heavy (non-hydrogen) atoms. The summed E-state index contributed by atoms with van der Waals surface area (Å²) in [7, 11) is 2.22. The van der Waals surface area contributed by atoms with E-state index in [-0.39, 0.29) is 6.10 Å². The van der Waals surface area contributed by atoms with E-state index in [4.69, 9.17) is 4.74 Å². The number of rotatable bonds is 2. The predicted molar refractivity (Wildman–Crippen MR) is 76.6 cm³/mol. The quantitative estimate of drug-likeness (QED) is 0.817. The van der Waals surface area contributed by atoms with E-state index < -0.39 is 0 Å². The number of pyridine rings is 1. The van der Waals surface area contributed by atoms with E-state index in [0.29, 0.717) is 5.41 Å². The molecule has 0 saturated carbocycles. The van der Waals surface area contributed by atoms with E-state index in [9.17, 15) is 0 Å². The highest BCUT2D eigenvalue weighted by Crippen LogP contribution is 2.44. The molecule has 0 aromatic carbocycles. The minimum absolute atomic E-state index is 0.221. The Morgan fingerprint density at radius 1 is 1.26 bits per heavy atom. The minimum atomic E-state index is 0.221.